The summed E-state index contributed by atoms with van der Waals surface area (Å²) < 4.78 is 4.88. The number of unbranched alkanes of at least 4 members (excludes halogenated alkanes) is 3. The van der Waals surface area contributed by atoms with Crippen LogP contribution in [0.5, 0.6) is 0 Å². The standard InChI is InChI=1S/C25H36O3/c1-6-20(22-15-18(4)14-19(22)5)21(23-16-24(26)28-25(23)27)13-11-9-7-8-10-12-17(2)3/h11,13,20-23H,2,4-10,12,14-16H2,1,3H3/b13-11+. The minimum Gasteiger partial charge on any atom is -0.393 e. The zero-order valence-corrected chi connectivity index (χ0v) is 17.7. The van der Waals surface area contributed by atoms with E-state index in [1.54, 1.807) is 0 Å². The number of hydrogen-bond acceptors (Lipinski definition) is 3. The SMILES string of the molecule is C=C(C)CCCCC/C=C/C(C1CC(=O)OC1=O)C(CC)C1CC(=C)CC1=C. The van der Waals surface area contributed by atoms with Crippen LogP contribution in [0.25, 0.3) is 0 Å². The lowest BCUT2D eigenvalue weighted by molar-refractivity contribution is -0.153. The average Bonchev–Trinajstić information content (AvgIpc) is 3.13. The smallest absolute Gasteiger partial charge is 0.317 e. The Labute approximate surface area is 170 Å². The molecule has 2 fully saturated rings. The average molecular weight is 385 g/mol. The molecule has 2 aliphatic rings. The van der Waals surface area contributed by atoms with Gasteiger partial charge in [0, 0.05) is 0 Å². The predicted octanol–water partition coefficient (Wildman–Crippen LogP) is 6.32. The minimum atomic E-state index is -0.391. The van der Waals surface area contributed by atoms with E-state index in [0.717, 1.165) is 38.5 Å². The molecule has 0 radical (unpaired) electrons. The lowest BCUT2D eigenvalue weighted by Crippen LogP contribution is -2.30. The fourth-order valence-corrected chi connectivity index (χ4v) is 4.74. The number of allylic oxidation sites excluding steroid dienone is 5. The first-order chi connectivity index (χ1) is 13.3. The molecule has 1 heterocycles. The summed E-state index contributed by atoms with van der Waals surface area (Å²) in [4.78, 5) is 24.0. The van der Waals surface area contributed by atoms with E-state index in [0.29, 0.717) is 5.92 Å². The largest absolute Gasteiger partial charge is 0.393 e. The molecule has 0 bridgehead atoms. The van der Waals surface area contributed by atoms with Gasteiger partial charge < -0.3 is 4.74 Å². The third kappa shape index (κ3) is 6.05. The normalized spacial score (nSPS) is 24.8. The molecule has 0 aromatic heterocycles. The van der Waals surface area contributed by atoms with Crippen LogP contribution < -0.4 is 0 Å². The van der Waals surface area contributed by atoms with Gasteiger partial charge in [-0.25, -0.2) is 0 Å². The van der Waals surface area contributed by atoms with E-state index in [-0.39, 0.29) is 30.1 Å². The maximum Gasteiger partial charge on any atom is 0.317 e. The second-order valence-electron chi connectivity index (χ2n) is 8.63. The molecule has 1 aliphatic carbocycles. The molecule has 154 valence electrons. The highest BCUT2D eigenvalue weighted by Crippen LogP contribution is 2.46. The highest BCUT2D eigenvalue weighted by molar-refractivity contribution is 5.94. The van der Waals surface area contributed by atoms with Crippen molar-refractivity contribution in [1.29, 1.82) is 0 Å². The molecule has 0 amide bonds. The predicted molar refractivity (Wildman–Crippen MR) is 115 cm³/mol. The van der Waals surface area contributed by atoms with E-state index < -0.39 is 5.97 Å². The first kappa shape index (κ1) is 22.4. The van der Waals surface area contributed by atoms with Gasteiger partial charge in [-0.05, 0) is 63.2 Å². The summed E-state index contributed by atoms with van der Waals surface area (Å²) in [5, 5.41) is 0. The van der Waals surface area contributed by atoms with E-state index >= 15 is 0 Å². The summed E-state index contributed by atoms with van der Waals surface area (Å²) in [5.41, 5.74) is 3.68. The zero-order valence-electron chi connectivity index (χ0n) is 17.7. The van der Waals surface area contributed by atoms with Crippen LogP contribution in [-0.4, -0.2) is 11.9 Å². The van der Waals surface area contributed by atoms with Crippen LogP contribution in [0.2, 0.25) is 0 Å². The quantitative estimate of drug-likeness (QED) is 0.181. The van der Waals surface area contributed by atoms with E-state index in [9.17, 15) is 9.59 Å². The number of rotatable bonds is 11. The third-order valence-electron chi connectivity index (χ3n) is 6.19. The Hall–Kier alpha value is -1.90. The van der Waals surface area contributed by atoms with Gasteiger partial charge in [-0.2, -0.15) is 0 Å². The molecule has 0 spiro atoms. The molecular formula is C25H36O3. The van der Waals surface area contributed by atoms with Gasteiger partial charge in [0.1, 0.15) is 0 Å². The molecule has 3 nitrogen and oxygen atoms in total. The van der Waals surface area contributed by atoms with Crippen molar-refractivity contribution in [3.8, 4) is 0 Å². The number of cyclic esters (lactones) is 2. The maximum absolute atomic E-state index is 12.3. The van der Waals surface area contributed by atoms with Crippen molar-refractivity contribution in [2.75, 3.05) is 0 Å². The first-order valence-corrected chi connectivity index (χ1v) is 10.7. The van der Waals surface area contributed by atoms with Crippen molar-refractivity contribution < 1.29 is 14.3 Å². The first-order valence-electron chi connectivity index (χ1n) is 10.7. The third-order valence-corrected chi connectivity index (χ3v) is 6.19. The van der Waals surface area contributed by atoms with Crippen LogP contribution in [0.1, 0.15) is 71.6 Å². The fraction of sp³-hybridized carbons (Fsp3) is 0.600. The second kappa shape index (κ2) is 10.6. The summed E-state index contributed by atoms with van der Waals surface area (Å²) in [6, 6.07) is 0. The van der Waals surface area contributed by atoms with Gasteiger partial charge in [-0.15, -0.1) is 6.58 Å². The van der Waals surface area contributed by atoms with Gasteiger partial charge in [-0.1, -0.05) is 61.8 Å². The molecule has 1 aliphatic heterocycles. The zero-order chi connectivity index (χ0) is 20.7. The Kier molecular flexibility index (Phi) is 8.47. The number of carbonyl (C=O) groups is 2. The molecule has 0 aromatic carbocycles. The van der Waals surface area contributed by atoms with Crippen LogP contribution in [-0.2, 0) is 14.3 Å². The number of ether oxygens (including phenoxy) is 1. The number of hydrogen-bond donors (Lipinski definition) is 0. The van der Waals surface area contributed by atoms with Crippen LogP contribution in [0.4, 0.5) is 0 Å². The Bertz CT molecular complexity index is 655. The van der Waals surface area contributed by atoms with Crippen LogP contribution in [0.3, 0.4) is 0 Å². The van der Waals surface area contributed by atoms with E-state index in [4.69, 9.17) is 4.74 Å². The topological polar surface area (TPSA) is 43.4 Å². The van der Waals surface area contributed by atoms with Crippen LogP contribution >= 0.6 is 0 Å². The van der Waals surface area contributed by atoms with E-state index in [2.05, 4.69) is 45.7 Å². The molecule has 4 atom stereocenters. The molecule has 1 saturated heterocycles. The Morgan fingerprint density at radius 1 is 1.18 bits per heavy atom. The van der Waals surface area contributed by atoms with E-state index in [1.807, 2.05) is 0 Å². The molecule has 0 aromatic rings. The highest BCUT2D eigenvalue weighted by Gasteiger charge is 2.44. The van der Waals surface area contributed by atoms with Gasteiger partial charge in [0.05, 0.1) is 12.3 Å². The van der Waals surface area contributed by atoms with Gasteiger partial charge >= 0.3 is 11.9 Å². The van der Waals surface area contributed by atoms with Crippen molar-refractivity contribution >= 4 is 11.9 Å². The Balaban J connectivity index is 2.06. The lowest BCUT2D eigenvalue weighted by Gasteiger charge is -2.32. The summed E-state index contributed by atoms with van der Waals surface area (Å²) in [7, 11) is 0. The van der Waals surface area contributed by atoms with Crippen molar-refractivity contribution in [3.05, 3.63) is 48.6 Å². The Morgan fingerprint density at radius 3 is 2.46 bits per heavy atom. The molecule has 28 heavy (non-hydrogen) atoms. The summed E-state index contributed by atoms with van der Waals surface area (Å²) >= 11 is 0. The van der Waals surface area contributed by atoms with Crippen molar-refractivity contribution in [2.24, 2.45) is 23.7 Å². The molecule has 4 unspecified atom stereocenters. The summed E-state index contributed by atoms with van der Waals surface area (Å²) in [6.45, 7) is 16.6. The maximum atomic E-state index is 12.3. The van der Waals surface area contributed by atoms with Gasteiger partial charge in [-0.3, -0.25) is 9.59 Å². The van der Waals surface area contributed by atoms with E-state index in [1.165, 1.54) is 29.6 Å². The Morgan fingerprint density at radius 2 is 1.93 bits per heavy atom. The molecule has 1 saturated carbocycles. The van der Waals surface area contributed by atoms with Crippen molar-refractivity contribution in [1.82, 2.24) is 0 Å². The van der Waals surface area contributed by atoms with Crippen LogP contribution in [0.15, 0.2) is 48.6 Å². The highest BCUT2D eigenvalue weighted by atomic mass is 16.6. The fourth-order valence-electron chi connectivity index (χ4n) is 4.74. The summed E-state index contributed by atoms with van der Waals surface area (Å²) in [6.07, 6.45) is 12.9. The molecular weight excluding hydrogens is 348 g/mol. The van der Waals surface area contributed by atoms with Gasteiger partial charge in [0.25, 0.3) is 0 Å². The lowest BCUT2D eigenvalue weighted by atomic mass is 9.71. The minimum absolute atomic E-state index is 0.0204. The number of carbonyl (C=O) groups excluding carboxylic acids is 2. The second-order valence-corrected chi connectivity index (χ2v) is 8.63. The van der Waals surface area contributed by atoms with Crippen molar-refractivity contribution in [2.45, 2.75) is 71.6 Å². The monoisotopic (exact) mass is 384 g/mol. The number of esters is 2. The van der Waals surface area contributed by atoms with Gasteiger partial charge in [0.15, 0.2) is 0 Å². The van der Waals surface area contributed by atoms with Crippen molar-refractivity contribution in [3.63, 3.8) is 0 Å². The molecule has 3 heteroatoms. The van der Waals surface area contributed by atoms with Crippen LogP contribution in [0, 0.1) is 23.7 Å². The summed E-state index contributed by atoms with van der Waals surface area (Å²) in [5.74, 6) is -0.466. The molecule has 0 N–H and O–H groups in total. The molecule has 2 rings (SSSR count). The van der Waals surface area contributed by atoms with Gasteiger partial charge in [0.2, 0.25) is 0 Å².